The van der Waals surface area contributed by atoms with Gasteiger partial charge in [-0.2, -0.15) is 0 Å². The number of likely N-dealkylation sites (N-methyl/N-ethyl adjacent to an activating group) is 1. The maximum atomic E-state index is 13.0. The van der Waals surface area contributed by atoms with Crippen molar-refractivity contribution >= 4 is 17.9 Å². The number of carbonyl (C=O) groups is 3. The highest BCUT2D eigenvalue weighted by molar-refractivity contribution is 5.71. The number of hydrogen-bond acceptors (Lipinski definition) is 7. The van der Waals surface area contributed by atoms with E-state index < -0.39 is 18.4 Å². The molecule has 0 saturated heterocycles. The van der Waals surface area contributed by atoms with E-state index in [4.69, 9.17) is 18.9 Å². The van der Waals surface area contributed by atoms with Crippen molar-refractivity contribution in [3.63, 3.8) is 0 Å². The number of quaternary nitrogens is 1. The van der Waals surface area contributed by atoms with Gasteiger partial charge in [-0.1, -0.05) is 411 Å². The molecule has 0 aliphatic carbocycles. The van der Waals surface area contributed by atoms with Crippen LogP contribution in [0.5, 0.6) is 0 Å². The summed E-state index contributed by atoms with van der Waals surface area (Å²) < 4.78 is 23.1. The fourth-order valence-corrected chi connectivity index (χ4v) is 13.1. The van der Waals surface area contributed by atoms with Crippen LogP contribution in [-0.2, 0) is 33.3 Å². The fourth-order valence-electron chi connectivity index (χ4n) is 13.1. The molecule has 0 bridgehead atoms. The zero-order valence-corrected chi connectivity index (χ0v) is 63.9. The van der Waals surface area contributed by atoms with Crippen molar-refractivity contribution in [3.05, 3.63) is 24.3 Å². The third-order valence-corrected chi connectivity index (χ3v) is 19.5. The summed E-state index contributed by atoms with van der Waals surface area (Å²) in [5.74, 6) is -1.97. The summed E-state index contributed by atoms with van der Waals surface area (Å²) in [6.07, 6.45) is 95.0. The Bertz CT molecular complexity index is 1590. The van der Waals surface area contributed by atoms with Gasteiger partial charge in [0, 0.05) is 12.8 Å². The number of hydrogen-bond donors (Lipinski definition) is 1. The molecule has 0 heterocycles. The number of rotatable bonds is 80. The van der Waals surface area contributed by atoms with Crippen LogP contribution < -0.4 is 0 Å². The van der Waals surface area contributed by atoms with Gasteiger partial charge in [0.05, 0.1) is 34.4 Å². The Hall–Kier alpha value is -2.23. The molecule has 556 valence electrons. The van der Waals surface area contributed by atoms with Crippen LogP contribution in [0.1, 0.15) is 444 Å². The Morgan fingerprint density at radius 1 is 0.319 bits per heavy atom. The highest BCUT2D eigenvalue weighted by atomic mass is 16.7. The molecule has 1 N–H and O–H groups in total. The van der Waals surface area contributed by atoms with Crippen molar-refractivity contribution in [1.82, 2.24) is 0 Å². The van der Waals surface area contributed by atoms with Gasteiger partial charge in [0.25, 0.3) is 6.29 Å². The van der Waals surface area contributed by atoms with Gasteiger partial charge in [-0.05, 0) is 44.9 Å². The number of nitrogens with zero attached hydrogens (tertiary/aromatic N) is 1. The minimum absolute atomic E-state index is 0.174. The monoisotopic (exact) mass is 1330 g/mol. The van der Waals surface area contributed by atoms with Crippen molar-refractivity contribution in [2.24, 2.45) is 0 Å². The standard InChI is InChI=1S/C85H163NO8/c1-6-8-10-12-14-16-18-20-22-24-26-28-30-32-34-36-38-40-41-42-44-45-47-49-51-53-55-57-59-61-63-65-67-69-71-73-75-82(87)92-79-81(80-93-85(84(89)90)91-78-77-86(3,4)5)94-83(88)76-74-72-70-68-66-64-62-60-58-56-54-52-50-48-46-43-39-37-35-33-31-29-27-25-23-21-19-17-15-13-11-9-7-2/h19,21,25,27,81,85H,6-18,20,22-24,26,28-80H2,1-5H3/p+1/b21-19-,27-25-. The van der Waals surface area contributed by atoms with E-state index in [2.05, 4.69) is 38.2 Å². The molecule has 9 heteroatoms. The predicted octanol–water partition coefficient (Wildman–Crippen LogP) is 26.9. The molecule has 0 radical (unpaired) electrons. The molecule has 0 spiro atoms. The molecule has 2 atom stereocenters. The number of carboxylic acids is 1. The number of carboxylic acid groups (broad SMARTS) is 1. The smallest absolute Gasteiger partial charge is 0.361 e. The summed E-state index contributed by atoms with van der Waals surface area (Å²) in [5.41, 5.74) is 0. The third-order valence-electron chi connectivity index (χ3n) is 19.5. The first-order valence-electron chi connectivity index (χ1n) is 42.0. The fraction of sp³-hybridized carbons (Fsp3) is 0.918. The van der Waals surface area contributed by atoms with Crippen LogP contribution in [-0.4, -0.2) is 87.4 Å². The molecule has 0 amide bonds. The largest absolute Gasteiger partial charge is 0.477 e. The normalized spacial score (nSPS) is 12.6. The summed E-state index contributed by atoms with van der Waals surface area (Å²) >= 11 is 0. The topological polar surface area (TPSA) is 108 Å². The van der Waals surface area contributed by atoms with E-state index in [1.54, 1.807) is 0 Å². The van der Waals surface area contributed by atoms with Gasteiger partial charge in [0.15, 0.2) is 6.10 Å². The van der Waals surface area contributed by atoms with Gasteiger partial charge in [0.1, 0.15) is 13.2 Å². The molecular weight excluding hydrogens is 1160 g/mol. The lowest BCUT2D eigenvalue weighted by atomic mass is 10.0. The van der Waals surface area contributed by atoms with E-state index in [-0.39, 0.29) is 38.2 Å². The second kappa shape index (κ2) is 76.5. The van der Waals surface area contributed by atoms with E-state index in [1.807, 2.05) is 21.1 Å². The minimum Gasteiger partial charge on any atom is -0.477 e. The maximum absolute atomic E-state index is 13.0. The quantitative estimate of drug-likeness (QED) is 0.0211. The van der Waals surface area contributed by atoms with Crippen LogP contribution in [0.15, 0.2) is 24.3 Å². The average Bonchev–Trinajstić information content (AvgIpc) is 3.35. The summed E-state index contributed by atoms with van der Waals surface area (Å²) in [5, 5.41) is 9.78. The number of allylic oxidation sites excluding steroid dienone is 4. The highest BCUT2D eigenvalue weighted by Gasteiger charge is 2.25. The zero-order chi connectivity index (χ0) is 68.2. The van der Waals surface area contributed by atoms with Crippen LogP contribution in [0.3, 0.4) is 0 Å². The summed E-state index contributed by atoms with van der Waals surface area (Å²) in [4.78, 5) is 37.8. The lowest BCUT2D eigenvalue weighted by Gasteiger charge is -2.25. The molecule has 0 aromatic heterocycles. The molecule has 0 fully saturated rings. The Kier molecular flexibility index (Phi) is 74.7. The Morgan fingerprint density at radius 3 is 0.840 bits per heavy atom. The second-order valence-corrected chi connectivity index (χ2v) is 30.2. The van der Waals surface area contributed by atoms with Crippen LogP contribution in [0.2, 0.25) is 0 Å². The Labute approximate surface area is 586 Å². The first-order valence-corrected chi connectivity index (χ1v) is 42.0. The third kappa shape index (κ3) is 77.1. The van der Waals surface area contributed by atoms with Crippen molar-refractivity contribution in [3.8, 4) is 0 Å². The van der Waals surface area contributed by atoms with Crippen LogP contribution in [0.4, 0.5) is 0 Å². The van der Waals surface area contributed by atoms with Crippen molar-refractivity contribution < 1.29 is 42.9 Å². The number of aliphatic carboxylic acids is 1. The molecule has 0 aliphatic rings. The number of ether oxygens (including phenoxy) is 4. The lowest BCUT2D eigenvalue weighted by molar-refractivity contribution is -0.870. The number of carbonyl (C=O) groups excluding carboxylic acids is 2. The van der Waals surface area contributed by atoms with E-state index in [0.717, 1.165) is 44.9 Å². The van der Waals surface area contributed by atoms with Crippen molar-refractivity contribution in [1.29, 1.82) is 0 Å². The molecule has 2 unspecified atom stereocenters. The van der Waals surface area contributed by atoms with Crippen LogP contribution in [0, 0.1) is 0 Å². The summed E-state index contributed by atoms with van der Waals surface area (Å²) in [6, 6.07) is 0. The van der Waals surface area contributed by atoms with E-state index in [1.165, 1.54) is 372 Å². The molecule has 94 heavy (non-hydrogen) atoms. The van der Waals surface area contributed by atoms with Gasteiger partial charge in [-0.25, -0.2) is 4.79 Å². The number of unbranched alkanes of at least 4 members (excludes halogenated alkanes) is 61. The first kappa shape index (κ1) is 91.8. The van der Waals surface area contributed by atoms with Gasteiger partial charge in [0.2, 0.25) is 0 Å². The van der Waals surface area contributed by atoms with Gasteiger partial charge < -0.3 is 28.5 Å². The van der Waals surface area contributed by atoms with E-state index in [9.17, 15) is 19.5 Å². The number of esters is 2. The molecule has 0 aromatic carbocycles. The molecule has 9 nitrogen and oxygen atoms in total. The highest BCUT2D eigenvalue weighted by Crippen LogP contribution is 2.21. The molecular formula is C85H164NO8+. The van der Waals surface area contributed by atoms with Crippen LogP contribution in [0.25, 0.3) is 0 Å². The molecule has 0 saturated carbocycles. The van der Waals surface area contributed by atoms with E-state index >= 15 is 0 Å². The lowest BCUT2D eigenvalue weighted by Crippen LogP contribution is -2.40. The second-order valence-electron chi connectivity index (χ2n) is 30.2. The van der Waals surface area contributed by atoms with Crippen LogP contribution >= 0.6 is 0 Å². The summed E-state index contributed by atoms with van der Waals surface area (Å²) in [6.45, 7) is 4.96. The predicted molar refractivity (Wildman–Crippen MR) is 406 cm³/mol. The zero-order valence-electron chi connectivity index (χ0n) is 63.9. The van der Waals surface area contributed by atoms with Crippen molar-refractivity contribution in [2.75, 3.05) is 47.5 Å². The van der Waals surface area contributed by atoms with E-state index in [0.29, 0.717) is 17.4 Å². The van der Waals surface area contributed by atoms with Crippen molar-refractivity contribution in [2.45, 2.75) is 456 Å². The summed E-state index contributed by atoms with van der Waals surface area (Å²) in [7, 11) is 6.00. The average molecular weight is 1330 g/mol. The maximum Gasteiger partial charge on any atom is 0.361 e. The Morgan fingerprint density at radius 2 is 0.574 bits per heavy atom. The first-order chi connectivity index (χ1) is 46.1. The van der Waals surface area contributed by atoms with Gasteiger partial charge in [-0.3, -0.25) is 9.59 Å². The van der Waals surface area contributed by atoms with Gasteiger partial charge >= 0.3 is 17.9 Å². The Balaban J connectivity index is 3.93. The minimum atomic E-state index is -1.51. The molecule has 0 aliphatic heterocycles. The van der Waals surface area contributed by atoms with Gasteiger partial charge in [-0.15, -0.1) is 0 Å². The molecule has 0 rings (SSSR count). The SMILES string of the molecule is CCCCCCC/C=C\C/C=C\CCCCCCCCCCCCCCCCCCCCCCCC(=O)OC(COC(=O)CCCCCCCCCCCCCCCCCCCCCCCCCCCCCCCCCCCCCC)COC(OCC[N+](C)(C)C)C(=O)O. The molecule has 0 aromatic rings.